The third kappa shape index (κ3) is 4.84. The van der Waals surface area contributed by atoms with Crippen LogP contribution >= 0.6 is 0 Å². The second-order valence-corrected chi connectivity index (χ2v) is 4.40. The summed E-state index contributed by atoms with van der Waals surface area (Å²) in [6, 6.07) is 2.33. The quantitative estimate of drug-likeness (QED) is 0.634. The van der Waals surface area contributed by atoms with Crippen molar-refractivity contribution in [3.63, 3.8) is 0 Å². The predicted molar refractivity (Wildman–Crippen MR) is 76.4 cm³/mol. The van der Waals surface area contributed by atoms with Crippen molar-refractivity contribution in [2.24, 2.45) is 0 Å². The van der Waals surface area contributed by atoms with Gasteiger partial charge in [-0.15, -0.1) is 6.58 Å². The van der Waals surface area contributed by atoms with Crippen LogP contribution in [0.2, 0.25) is 0 Å². The van der Waals surface area contributed by atoms with Gasteiger partial charge in [-0.3, -0.25) is 0 Å². The summed E-state index contributed by atoms with van der Waals surface area (Å²) >= 11 is 0. The Morgan fingerprint density at radius 2 is 2.26 bits per heavy atom. The third-order valence-electron chi connectivity index (χ3n) is 2.89. The van der Waals surface area contributed by atoms with E-state index in [0.29, 0.717) is 12.6 Å². The summed E-state index contributed by atoms with van der Waals surface area (Å²) in [6.07, 6.45) is 4.36. The predicted octanol–water partition coefficient (Wildman–Crippen LogP) is 0.865. The number of morpholine rings is 1. The van der Waals surface area contributed by atoms with E-state index in [1.165, 1.54) is 0 Å². The fourth-order valence-corrected chi connectivity index (χ4v) is 1.91. The summed E-state index contributed by atoms with van der Waals surface area (Å²) in [4.78, 5) is 8.32. The standard InChI is InChI=1S/C13H21N5O/c1-2-4-15-12-8-13(18-10-17-12)16-5-3-11-9-19-7-6-14-11/h2,8,10-11,14H,1,3-7,9H2,(H2,15,16,17,18). The number of anilines is 2. The SMILES string of the molecule is C=CCNc1cc(NCCC2COCCN2)ncn1. The van der Waals surface area contributed by atoms with Gasteiger partial charge in [-0.25, -0.2) is 9.97 Å². The largest absolute Gasteiger partial charge is 0.379 e. The van der Waals surface area contributed by atoms with E-state index in [0.717, 1.165) is 44.4 Å². The summed E-state index contributed by atoms with van der Waals surface area (Å²) in [5.74, 6) is 1.63. The lowest BCUT2D eigenvalue weighted by molar-refractivity contribution is 0.0753. The van der Waals surface area contributed by atoms with Crippen molar-refractivity contribution in [2.45, 2.75) is 12.5 Å². The number of hydrogen-bond donors (Lipinski definition) is 3. The Morgan fingerprint density at radius 1 is 1.42 bits per heavy atom. The van der Waals surface area contributed by atoms with Gasteiger partial charge in [0.15, 0.2) is 0 Å². The van der Waals surface area contributed by atoms with Crippen LogP contribution in [0.25, 0.3) is 0 Å². The van der Waals surface area contributed by atoms with Crippen LogP contribution in [0.1, 0.15) is 6.42 Å². The summed E-state index contributed by atoms with van der Waals surface area (Å²) in [7, 11) is 0. The highest BCUT2D eigenvalue weighted by Crippen LogP contribution is 2.08. The lowest BCUT2D eigenvalue weighted by Gasteiger charge is -2.23. The summed E-state index contributed by atoms with van der Waals surface area (Å²) in [5, 5.41) is 9.85. The van der Waals surface area contributed by atoms with Crippen molar-refractivity contribution in [1.82, 2.24) is 15.3 Å². The number of aromatic nitrogens is 2. The first-order valence-corrected chi connectivity index (χ1v) is 6.60. The fourth-order valence-electron chi connectivity index (χ4n) is 1.91. The molecule has 0 spiro atoms. The van der Waals surface area contributed by atoms with Gasteiger partial charge in [0.25, 0.3) is 0 Å². The maximum atomic E-state index is 5.41. The minimum Gasteiger partial charge on any atom is -0.379 e. The number of ether oxygens (including phenoxy) is 1. The van der Waals surface area contributed by atoms with Crippen LogP contribution in [0, 0.1) is 0 Å². The minimum absolute atomic E-state index is 0.432. The van der Waals surface area contributed by atoms with Crippen molar-refractivity contribution in [3.8, 4) is 0 Å². The molecule has 0 saturated carbocycles. The average Bonchev–Trinajstić information content (AvgIpc) is 2.47. The van der Waals surface area contributed by atoms with Crippen molar-refractivity contribution < 1.29 is 4.74 Å². The van der Waals surface area contributed by atoms with Crippen molar-refractivity contribution >= 4 is 11.6 Å². The summed E-state index contributed by atoms with van der Waals surface area (Å²) in [6.45, 7) is 7.75. The summed E-state index contributed by atoms with van der Waals surface area (Å²) < 4.78 is 5.41. The van der Waals surface area contributed by atoms with Gasteiger partial charge in [0.1, 0.15) is 18.0 Å². The highest BCUT2D eigenvalue weighted by atomic mass is 16.5. The first-order chi connectivity index (χ1) is 9.38. The Balaban J connectivity index is 1.73. The van der Waals surface area contributed by atoms with Crippen LogP contribution in [0.4, 0.5) is 11.6 Å². The molecule has 1 aromatic rings. The van der Waals surface area contributed by atoms with Gasteiger partial charge >= 0.3 is 0 Å². The molecule has 2 heterocycles. The monoisotopic (exact) mass is 263 g/mol. The van der Waals surface area contributed by atoms with Gasteiger partial charge in [-0.1, -0.05) is 6.08 Å². The van der Waals surface area contributed by atoms with E-state index < -0.39 is 0 Å². The molecule has 6 nitrogen and oxygen atoms in total. The first-order valence-electron chi connectivity index (χ1n) is 6.60. The smallest absolute Gasteiger partial charge is 0.131 e. The molecule has 1 unspecified atom stereocenters. The lowest BCUT2D eigenvalue weighted by atomic mass is 10.2. The Bertz CT molecular complexity index is 392. The molecular weight excluding hydrogens is 242 g/mol. The molecule has 0 bridgehead atoms. The fraction of sp³-hybridized carbons (Fsp3) is 0.538. The number of nitrogens with zero attached hydrogens (tertiary/aromatic N) is 2. The molecule has 3 N–H and O–H groups in total. The van der Waals surface area contributed by atoms with Crippen LogP contribution < -0.4 is 16.0 Å². The third-order valence-corrected chi connectivity index (χ3v) is 2.89. The average molecular weight is 263 g/mol. The van der Waals surface area contributed by atoms with Crippen molar-refractivity contribution in [2.75, 3.05) is 43.5 Å². The zero-order chi connectivity index (χ0) is 13.3. The Labute approximate surface area is 113 Å². The second kappa shape index (κ2) is 7.70. The number of rotatable bonds is 7. The molecular formula is C13H21N5O. The van der Waals surface area contributed by atoms with Crippen LogP contribution in [0.5, 0.6) is 0 Å². The molecule has 0 amide bonds. The van der Waals surface area contributed by atoms with E-state index in [9.17, 15) is 0 Å². The molecule has 1 atom stereocenters. The molecule has 19 heavy (non-hydrogen) atoms. The number of hydrogen-bond acceptors (Lipinski definition) is 6. The van der Waals surface area contributed by atoms with Gasteiger partial charge in [0, 0.05) is 31.7 Å². The van der Waals surface area contributed by atoms with Gasteiger partial charge in [0.05, 0.1) is 13.2 Å². The molecule has 1 saturated heterocycles. The number of nitrogens with one attached hydrogen (secondary N) is 3. The molecule has 104 valence electrons. The maximum Gasteiger partial charge on any atom is 0.131 e. The zero-order valence-corrected chi connectivity index (χ0v) is 11.1. The van der Waals surface area contributed by atoms with E-state index in [2.05, 4.69) is 32.5 Å². The normalized spacial score (nSPS) is 18.8. The van der Waals surface area contributed by atoms with Crippen molar-refractivity contribution in [1.29, 1.82) is 0 Å². The second-order valence-electron chi connectivity index (χ2n) is 4.40. The van der Waals surface area contributed by atoms with Gasteiger partial charge in [-0.2, -0.15) is 0 Å². The summed E-state index contributed by atoms with van der Waals surface area (Å²) in [5.41, 5.74) is 0. The van der Waals surface area contributed by atoms with Crippen LogP contribution in [0.15, 0.2) is 25.0 Å². The molecule has 0 aromatic carbocycles. The highest BCUT2D eigenvalue weighted by molar-refractivity contribution is 5.46. The van der Waals surface area contributed by atoms with Crippen molar-refractivity contribution in [3.05, 3.63) is 25.0 Å². The topological polar surface area (TPSA) is 71.1 Å². The van der Waals surface area contributed by atoms with E-state index in [-0.39, 0.29) is 0 Å². The maximum absolute atomic E-state index is 5.41. The zero-order valence-electron chi connectivity index (χ0n) is 11.1. The lowest BCUT2D eigenvalue weighted by Crippen LogP contribution is -2.42. The van der Waals surface area contributed by atoms with Gasteiger partial charge < -0.3 is 20.7 Å². The van der Waals surface area contributed by atoms with E-state index >= 15 is 0 Å². The highest BCUT2D eigenvalue weighted by Gasteiger charge is 2.12. The van der Waals surface area contributed by atoms with Crippen LogP contribution in [-0.4, -0.2) is 48.9 Å². The Kier molecular flexibility index (Phi) is 5.58. The molecule has 1 aliphatic heterocycles. The van der Waals surface area contributed by atoms with Crippen LogP contribution in [0.3, 0.4) is 0 Å². The van der Waals surface area contributed by atoms with E-state index in [1.807, 2.05) is 6.07 Å². The minimum atomic E-state index is 0.432. The molecule has 0 aliphatic carbocycles. The first kappa shape index (κ1) is 13.8. The van der Waals surface area contributed by atoms with Crippen LogP contribution in [-0.2, 0) is 4.74 Å². The molecule has 6 heteroatoms. The molecule has 1 aromatic heterocycles. The Morgan fingerprint density at radius 3 is 3.00 bits per heavy atom. The van der Waals surface area contributed by atoms with E-state index in [1.54, 1.807) is 12.4 Å². The van der Waals surface area contributed by atoms with E-state index in [4.69, 9.17) is 4.74 Å². The molecule has 1 aliphatic rings. The molecule has 2 rings (SSSR count). The Hall–Kier alpha value is -1.66. The van der Waals surface area contributed by atoms with Gasteiger partial charge in [0.2, 0.25) is 0 Å². The molecule has 1 fully saturated rings. The molecule has 0 radical (unpaired) electrons. The van der Waals surface area contributed by atoms with Gasteiger partial charge in [-0.05, 0) is 6.42 Å².